The monoisotopic (exact) mass is 351 g/mol. The van der Waals surface area contributed by atoms with Gasteiger partial charge in [-0.25, -0.2) is 4.98 Å². The smallest absolute Gasteiger partial charge is 0.407 e. The maximum Gasteiger partial charge on any atom is 0.407 e. The van der Waals surface area contributed by atoms with E-state index in [1.54, 1.807) is 24.3 Å². The molecule has 3 rings (SSSR count). The van der Waals surface area contributed by atoms with E-state index in [9.17, 15) is 18.0 Å². The maximum atomic E-state index is 13.7. The van der Waals surface area contributed by atoms with Crippen LogP contribution >= 0.6 is 0 Å². The Labute approximate surface area is 142 Å². The van der Waals surface area contributed by atoms with Gasteiger partial charge in [0.05, 0.1) is 19.3 Å². The van der Waals surface area contributed by atoms with Crippen LogP contribution in [0.25, 0.3) is 0 Å². The fourth-order valence-electron chi connectivity index (χ4n) is 3.02. The summed E-state index contributed by atoms with van der Waals surface area (Å²) < 4.78 is 46.2. The number of alkyl halides is 3. The molecule has 1 amide bonds. The topological polar surface area (TPSA) is 68.5 Å². The predicted molar refractivity (Wildman–Crippen MR) is 86.2 cm³/mol. The van der Waals surface area contributed by atoms with Gasteiger partial charge in [0.2, 0.25) is 5.91 Å². The Morgan fingerprint density at radius 2 is 1.88 bits per heavy atom. The van der Waals surface area contributed by atoms with E-state index in [1.807, 2.05) is 0 Å². The highest BCUT2D eigenvalue weighted by atomic mass is 19.4. The first-order valence-corrected chi connectivity index (χ1v) is 7.46. The number of carbonyl (C=O) groups excluding carboxylic acids is 1. The standard InChI is InChI=1S/C17H16F3N3O2/c1-16(17(18,19)20)13-12(7-8-22-14(13)21)23(15(16)24)9-10-3-5-11(25-2)6-4-10/h3-8H,9H2,1-2H3,(H2,21,22). The third-order valence-corrected chi connectivity index (χ3v) is 4.49. The number of ether oxygens (including phenoxy) is 1. The van der Waals surface area contributed by atoms with Gasteiger partial charge in [-0.2, -0.15) is 13.2 Å². The second-order valence-electron chi connectivity index (χ2n) is 5.95. The highest BCUT2D eigenvalue weighted by molar-refractivity contribution is 6.09. The van der Waals surface area contributed by atoms with Gasteiger partial charge in [-0.1, -0.05) is 12.1 Å². The van der Waals surface area contributed by atoms with E-state index in [2.05, 4.69) is 4.98 Å². The van der Waals surface area contributed by atoms with E-state index in [4.69, 9.17) is 10.5 Å². The number of rotatable bonds is 3. The van der Waals surface area contributed by atoms with Crippen LogP contribution < -0.4 is 15.4 Å². The molecule has 2 aromatic rings. The lowest BCUT2D eigenvalue weighted by molar-refractivity contribution is -0.187. The van der Waals surface area contributed by atoms with Gasteiger partial charge >= 0.3 is 6.18 Å². The van der Waals surface area contributed by atoms with Gasteiger partial charge in [-0.3, -0.25) is 4.79 Å². The number of hydrogen-bond acceptors (Lipinski definition) is 4. The second-order valence-corrected chi connectivity index (χ2v) is 5.95. The van der Waals surface area contributed by atoms with Crippen LogP contribution in [0.1, 0.15) is 18.1 Å². The summed E-state index contributed by atoms with van der Waals surface area (Å²) >= 11 is 0. The molecule has 1 unspecified atom stereocenters. The summed E-state index contributed by atoms with van der Waals surface area (Å²) in [5.41, 5.74) is 3.49. The van der Waals surface area contributed by atoms with Gasteiger partial charge in [-0.05, 0) is 30.7 Å². The number of aromatic nitrogens is 1. The molecule has 0 fully saturated rings. The van der Waals surface area contributed by atoms with E-state index >= 15 is 0 Å². The summed E-state index contributed by atoms with van der Waals surface area (Å²) in [4.78, 5) is 17.5. The molecule has 1 aliphatic rings. The minimum Gasteiger partial charge on any atom is -0.497 e. The van der Waals surface area contributed by atoms with Crippen LogP contribution in [0.2, 0.25) is 0 Å². The molecule has 0 radical (unpaired) electrons. The molecule has 1 aromatic carbocycles. The highest BCUT2D eigenvalue weighted by Gasteiger charge is 2.65. The number of benzene rings is 1. The minimum atomic E-state index is -4.79. The predicted octanol–water partition coefficient (Wildman–Crippen LogP) is 3.04. The molecule has 1 aromatic heterocycles. The third-order valence-electron chi connectivity index (χ3n) is 4.49. The van der Waals surface area contributed by atoms with Crippen LogP contribution in [0.15, 0.2) is 36.5 Å². The van der Waals surface area contributed by atoms with Crippen molar-refractivity contribution in [3.63, 3.8) is 0 Å². The lowest BCUT2D eigenvalue weighted by Gasteiger charge is -2.27. The number of nitrogens with two attached hydrogens (primary N) is 1. The Kier molecular flexibility index (Phi) is 3.85. The number of amides is 1. The van der Waals surface area contributed by atoms with Crippen molar-refractivity contribution in [2.45, 2.75) is 25.1 Å². The van der Waals surface area contributed by atoms with Crippen LogP contribution in [-0.2, 0) is 16.8 Å². The molecule has 0 aliphatic carbocycles. The molecular weight excluding hydrogens is 335 g/mol. The summed E-state index contributed by atoms with van der Waals surface area (Å²) in [6, 6.07) is 8.13. The van der Waals surface area contributed by atoms with Gasteiger partial charge in [0.25, 0.3) is 0 Å². The number of fused-ring (bicyclic) bond motifs is 1. The first-order chi connectivity index (χ1) is 11.7. The molecule has 0 saturated carbocycles. The molecule has 0 bridgehead atoms. The van der Waals surface area contributed by atoms with Crippen molar-refractivity contribution >= 4 is 17.4 Å². The van der Waals surface area contributed by atoms with Gasteiger partial charge in [0.1, 0.15) is 11.6 Å². The van der Waals surface area contributed by atoms with Gasteiger partial charge < -0.3 is 15.4 Å². The third kappa shape index (κ3) is 2.48. The SMILES string of the molecule is COc1ccc(CN2C(=O)C(C)(C(F)(F)F)c3c2ccnc3N)cc1. The number of carbonyl (C=O) groups is 1. The molecule has 1 aliphatic heterocycles. The van der Waals surface area contributed by atoms with Crippen molar-refractivity contribution in [2.75, 3.05) is 17.7 Å². The van der Waals surface area contributed by atoms with E-state index in [1.165, 1.54) is 19.4 Å². The average Bonchev–Trinajstić information content (AvgIpc) is 2.79. The minimum absolute atomic E-state index is 0.00898. The number of pyridine rings is 1. The molecule has 2 N–H and O–H groups in total. The lowest BCUT2D eigenvalue weighted by Crippen LogP contribution is -2.48. The molecule has 1 atom stereocenters. The van der Waals surface area contributed by atoms with Crippen molar-refractivity contribution in [3.8, 4) is 5.75 Å². The summed E-state index contributed by atoms with van der Waals surface area (Å²) in [7, 11) is 1.51. The van der Waals surface area contributed by atoms with Crippen LogP contribution in [0.4, 0.5) is 24.7 Å². The zero-order chi connectivity index (χ0) is 18.4. The Bertz CT molecular complexity index is 821. The molecule has 132 valence electrons. The lowest BCUT2D eigenvalue weighted by atomic mass is 9.83. The molecule has 0 spiro atoms. The van der Waals surface area contributed by atoms with Crippen molar-refractivity contribution in [1.82, 2.24) is 4.98 Å². The Balaban J connectivity index is 2.07. The number of hydrogen-bond donors (Lipinski definition) is 1. The maximum absolute atomic E-state index is 13.7. The van der Waals surface area contributed by atoms with E-state index < -0.39 is 17.5 Å². The highest BCUT2D eigenvalue weighted by Crippen LogP contribution is 2.52. The molecule has 5 nitrogen and oxygen atoms in total. The molecule has 8 heteroatoms. The average molecular weight is 351 g/mol. The van der Waals surface area contributed by atoms with Crippen LogP contribution in [0.5, 0.6) is 5.75 Å². The van der Waals surface area contributed by atoms with Gasteiger partial charge in [0.15, 0.2) is 5.41 Å². The number of nitrogens with zero attached hydrogens (tertiary/aromatic N) is 2. The number of methoxy groups -OCH3 is 1. The van der Waals surface area contributed by atoms with Crippen molar-refractivity contribution in [2.24, 2.45) is 0 Å². The van der Waals surface area contributed by atoms with Gasteiger partial charge in [0, 0.05) is 11.8 Å². The fraction of sp³-hybridized carbons (Fsp3) is 0.294. The Morgan fingerprint density at radius 1 is 1.24 bits per heavy atom. The number of nitrogen functional groups attached to an aromatic ring is 1. The molecule has 2 heterocycles. The first kappa shape index (κ1) is 17.1. The van der Waals surface area contributed by atoms with Crippen LogP contribution in [0, 0.1) is 0 Å². The fourth-order valence-corrected chi connectivity index (χ4v) is 3.02. The van der Waals surface area contributed by atoms with Crippen molar-refractivity contribution in [1.29, 1.82) is 0 Å². The Morgan fingerprint density at radius 3 is 2.44 bits per heavy atom. The van der Waals surface area contributed by atoms with Crippen LogP contribution in [0.3, 0.4) is 0 Å². The first-order valence-electron chi connectivity index (χ1n) is 7.46. The van der Waals surface area contributed by atoms with Gasteiger partial charge in [-0.15, -0.1) is 0 Å². The molecule has 0 saturated heterocycles. The summed E-state index contributed by atoms with van der Waals surface area (Å²) in [5, 5.41) is 0. The molecular formula is C17H16F3N3O2. The second kappa shape index (κ2) is 5.65. The van der Waals surface area contributed by atoms with Crippen molar-refractivity contribution < 1.29 is 22.7 Å². The number of halogens is 3. The zero-order valence-electron chi connectivity index (χ0n) is 13.6. The number of anilines is 2. The Hall–Kier alpha value is -2.77. The quantitative estimate of drug-likeness (QED) is 0.923. The zero-order valence-corrected chi connectivity index (χ0v) is 13.6. The normalized spacial score (nSPS) is 19.9. The van der Waals surface area contributed by atoms with E-state index in [0.717, 1.165) is 11.8 Å². The summed E-state index contributed by atoms with van der Waals surface area (Å²) in [5.74, 6) is -0.737. The summed E-state index contributed by atoms with van der Waals surface area (Å²) in [6.45, 7) is 0.838. The largest absolute Gasteiger partial charge is 0.497 e. The van der Waals surface area contributed by atoms with Crippen molar-refractivity contribution in [3.05, 3.63) is 47.7 Å². The van der Waals surface area contributed by atoms with Crippen LogP contribution in [-0.4, -0.2) is 24.2 Å². The van der Waals surface area contributed by atoms with E-state index in [0.29, 0.717) is 11.3 Å². The van der Waals surface area contributed by atoms with E-state index in [-0.39, 0.29) is 23.6 Å². The molecule has 25 heavy (non-hydrogen) atoms. The summed E-state index contributed by atoms with van der Waals surface area (Å²) in [6.07, 6.45) is -3.49.